The number of anilines is 1. The van der Waals surface area contributed by atoms with E-state index in [1.165, 1.54) is 22.6 Å². The van der Waals surface area contributed by atoms with E-state index in [1.54, 1.807) is 0 Å². The zero-order valence-corrected chi connectivity index (χ0v) is 17.6. The van der Waals surface area contributed by atoms with Gasteiger partial charge in [0.25, 0.3) is 5.56 Å². The average Bonchev–Trinajstić information content (AvgIpc) is 3.15. The zero-order valence-electron chi connectivity index (χ0n) is 16.0. The Morgan fingerprint density at radius 1 is 1.17 bits per heavy atom. The maximum absolute atomic E-state index is 13.0. The Bertz CT molecular complexity index is 1260. The first-order valence-electron chi connectivity index (χ1n) is 9.71. The summed E-state index contributed by atoms with van der Waals surface area (Å²) in [6.07, 6.45) is 2.18. The Morgan fingerprint density at radius 2 is 1.97 bits per heavy atom. The third-order valence-electron chi connectivity index (χ3n) is 5.64. The van der Waals surface area contributed by atoms with Gasteiger partial charge in [-0.2, -0.15) is 0 Å². The van der Waals surface area contributed by atoms with Gasteiger partial charge in [-0.25, -0.2) is 4.98 Å². The first-order valence-corrected chi connectivity index (χ1v) is 11.0. The van der Waals surface area contributed by atoms with Gasteiger partial charge in [-0.1, -0.05) is 48.0 Å². The van der Waals surface area contributed by atoms with Crippen LogP contribution in [0.3, 0.4) is 0 Å². The highest BCUT2D eigenvalue weighted by atomic mass is 35.5. The number of aromatic nitrogens is 2. The molecule has 3 heterocycles. The first-order chi connectivity index (χ1) is 14.1. The van der Waals surface area contributed by atoms with Crippen LogP contribution in [-0.2, 0) is 13.0 Å². The molecule has 0 bridgehead atoms. The number of aromatic amines is 1. The van der Waals surface area contributed by atoms with Gasteiger partial charge in [0.2, 0.25) is 0 Å². The van der Waals surface area contributed by atoms with Crippen LogP contribution in [0.4, 0.5) is 5.69 Å². The van der Waals surface area contributed by atoms with E-state index in [-0.39, 0.29) is 5.56 Å². The number of halogens is 1. The third kappa shape index (κ3) is 3.24. The number of nitrogens with one attached hydrogen (secondary N) is 1. The van der Waals surface area contributed by atoms with Crippen molar-refractivity contribution in [2.75, 3.05) is 4.90 Å². The molecule has 1 atom stereocenters. The summed E-state index contributed by atoms with van der Waals surface area (Å²) < 4.78 is 0. The normalized spacial score (nSPS) is 16.2. The molecule has 0 saturated heterocycles. The lowest BCUT2D eigenvalue weighted by atomic mass is 9.96. The highest BCUT2D eigenvalue weighted by molar-refractivity contribution is 7.17. The molecule has 2 aromatic heterocycles. The molecule has 4 nitrogen and oxygen atoms in total. The Morgan fingerprint density at radius 3 is 2.83 bits per heavy atom. The van der Waals surface area contributed by atoms with E-state index < -0.39 is 0 Å². The minimum absolute atomic E-state index is 0.112. The number of nitrogens with zero attached hydrogens (tertiary/aromatic N) is 2. The summed E-state index contributed by atoms with van der Waals surface area (Å²) in [7, 11) is 0. The van der Waals surface area contributed by atoms with Crippen LogP contribution < -0.4 is 10.5 Å². The lowest BCUT2D eigenvalue weighted by Crippen LogP contribution is -2.37. The van der Waals surface area contributed by atoms with Crippen molar-refractivity contribution in [3.63, 3.8) is 0 Å². The number of aryl methyl sites for hydroxylation is 1. The van der Waals surface area contributed by atoms with Gasteiger partial charge in [0.1, 0.15) is 10.7 Å². The Kier molecular flexibility index (Phi) is 4.64. The van der Waals surface area contributed by atoms with Crippen molar-refractivity contribution in [3.8, 4) is 11.1 Å². The number of para-hydroxylation sites is 1. The topological polar surface area (TPSA) is 49.0 Å². The van der Waals surface area contributed by atoms with Crippen molar-refractivity contribution < 1.29 is 0 Å². The molecule has 4 aromatic rings. The molecule has 1 aliphatic rings. The molecular weight excluding hydrogens is 402 g/mol. The second-order valence-electron chi connectivity index (χ2n) is 7.47. The molecule has 0 aliphatic carbocycles. The quantitative estimate of drug-likeness (QED) is 0.465. The van der Waals surface area contributed by atoms with Gasteiger partial charge >= 0.3 is 0 Å². The van der Waals surface area contributed by atoms with Crippen molar-refractivity contribution in [3.05, 3.63) is 80.7 Å². The fourth-order valence-corrected chi connectivity index (χ4v) is 5.30. The fraction of sp³-hybridized carbons (Fsp3) is 0.217. The van der Waals surface area contributed by atoms with Gasteiger partial charge in [-0.15, -0.1) is 11.3 Å². The van der Waals surface area contributed by atoms with Crippen LogP contribution >= 0.6 is 22.9 Å². The minimum Gasteiger partial charge on any atom is -0.361 e. The number of H-pyrrole nitrogens is 1. The van der Waals surface area contributed by atoms with Crippen LogP contribution in [0, 0.1) is 0 Å². The molecule has 0 fully saturated rings. The van der Waals surface area contributed by atoms with Gasteiger partial charge in [0.15, 0.2) is 0 Å². The molecule has 5 rings (SSSR count). The van der Waals surface area contributed by atoms with Crippen molar-refractivity contribution >= 4 is 38.8 Å². The lowest BCUT2D eigenvalue weighted by molar-refractivity contribution is 0.552. The van der Waals surface area contributed by atoms with Gasteiger partial charge < -0.3 is 9.88 Å². The first kappa shape index (κ1) is 18.4. The number of fused-ring (bicyclic) bond motifs is 2. The van der Waals surface area contributed by atoms with Crippen LogP contribution in [0.25, 0.3) is 21.3 Å². The molecule has 146 valence electrons. The largest absolute Gasteiger partial charge is 0.361 e. The second kappa shape index (κ2) is 7.32. The van der Waals surface area contributed by atoms with E-state index in [4.69, 9.17) is 16.6 Å². The molecular formula is C23H20ClN3OS. The molecule has 1 N–H and O–H groups in total. The van der Waals surface area contributed by atoms with E-state index in [0.717, 1.165) is 28.8 Å². The molecule has 0 radical (unpaired) electrons. The van der Waals surface area contributed by atoms with Crippen LogP contribution in [0.1, 0.15) is 24.7 Å². The molecule has 1 unspecified atom stereocenters. The van der Waals surface area contributed by atoms with Crippen LogP contribution in [-0.4, -0.2) is 16.0 Å². The average molecular weight is 422 g/mol. The lowest BCUT2D eigenvalue weighted by Gasteiger charge is -2.36. The Labute approximate surface area is 177 Å². The number of thiophene rings is 1. The Balaban J connectivity index is 1.55. The van der Waals surface area contributed by atoms with Gasteiger partial charge in [-0.3, -0.25) is 4.79 Å². The summed E-state index contributed by atoms with van der Waals surface area (Å²) in [6.45, 7) is 2.82. The van der Waals surface area contributed by atoms with Crippen molar-refractivity contribution in [1.82, 2.24) is 9.97 Å². The van der Waals surface area contributed by atoms with Gasteiger partial charge in [0.05, 0.1) is 11.9 Å². The predicted molar refractivity (Wildman–Crippen MR) is 121 cm³/mol. The summed E-state index contributed by atoms with van der Waals surface area (Å²) in [5.41, 5.74) is 4.17. The minimum atomic E-state index is -0.112. The SMILES string of the molecule is CC1CCc2ccccc2N1Cc1nc2scc(-c3ccccc3Cl)c2c(=O)[nH]1. The summed E-state index contributed by atoms with van der Waals surface area (Å²) >= 11 is 7.84. The number of benzene rings is 2. The molecule has 29 heavy (non-hydrogen) atoms. The Hall–Kier alpha value is -2.63. The van der Waals surface area contributed by atoms with E-state index in [9.17, 15) is 4.79 Å². The van der Waals surface area contributed by atoms with E-state index in [0.29, 0.717) is 28.8 Å². The smallest absolute Gasteiger partial charge is 0.260 e. The summed E-state index contributed by atoms with van der Waals surface area (Å²) in [6, 6.07) is 16.5. The summed E-state index contributed by atoms with van der Waals surface area (Å²) in [4.78, 5) is 23.9. The van der Waals surface area contributed by atoms with Crippen LogP contribution in [0.15, 0.2) is 58.7 Å². The standard InChI is InChI=1S/C23H20ClN3OS/c1-14-10-11-15-6-2-5-9-19(15)27(14)12-20-25-22(28)21-17(13-29-23(21)26-20)16-7-3-4-8-18(16)24/h2-9,13-14H,10-12H2,1H3,(H,25,26,28). The van der Waals surface area contributed by atoms with Crippen molar-refractivity contribution in [1.29, 1.82) is 0 Å². The van der Waals surface area contributed by atoms with Crippen molar-refractivity contribution in [2.24, 2.45) is 0 Å². The van der Waals surface area contributed by atoms with E-state index in [2.05, 4.69) is 41.1 Å². The highest BCUT2D eigenvalue weighted by Gasteiger charge is 2.24. The summed E-state index contributed by atoms with van der Waals surface area (Å²) in [5, 5.41) is 3.21. The zero-order chi connectivity index (χ0) is 20.0. The predicted octanol–water partition coefficient (Wildman–Crippen LogP) is 5.65. The molecule has 6 heteroatoms. The van der Waals surface area contributed by atoms with Crippen LogP contribution in [0.5, 0.6) is 0 Å². The molecule has 0 saturated carbocycles. The van der Waals surface area contributed by atoms with Crippen LogP contribution in [0.2, 0.25) is 5.02 Å². The number of hydrogen-bond acceptors (Lipinski definition) is 4. The highest BCUT2D eigenvalue weighted by Crippen LogP contribution is 2.35. The van der Waals surface area contributed by atoms with Gasteiger partial charge in [-0.05, 0) is 37.5 Å². The van der Waals surface area contributed by atoms with Gasteiger partial charge in [0, 0.05) is 33.3 Å². The molecule has 0 amide bonds. The molecule has 0 spiro atoms. The van der Waals surface area contributed by atoms with E-state index in [1.807, 2.05) is 29.6 Å². The monoisotopic (exact) mass is 421 g/mol. The summed E-state index contributed by atoms with van der Waals surface area (Å²) in [5.74, 6) is 0.693. The van der Waals surface area contributed by atoms with Crippen molar-refractivity contribution in [2.45, 2.75) is 32.4 Å². The third-order valence-corrected chi connectivity index (χ3v) is 6.84. The maximum Gasteiger partial charge on any atom is 0.260 e. The second-order valence-corrected chi connectivity index (χ2v) is 8.73. The molecule has 2 aromatic carbocycles. The molecule has 1 aliphatic heterocycles. The fourth-order valence-electron chi connectivity index (χ4n) is 4.11. The number of rotatable bonds is 3. The number of hydrogen-bond donors (Lipinski definition) is 1. The maximum atomic E-state index is 13.0. The van der Waals surface area contributed by atoms with E-state index >= 15 is 0 Å².